The molecule has 6 nitrogen and oxygen atoms in total. The zero-order chi connectivity index (χ0) is 15.9. The number of carbonyl (C=O) groups excluding carboxylic acids is 1. The van der Waals surface area contributed by atoms with Crippen LogP contribution in [0.15, 0.2) is 18.3 Å². The molecule has 1 aromatic rings. The Balaban J connectivity index is 1.88. The summed E-state index contributed by atoms with van der Waals surface area (Å²) in [4.78, 5) is 18.7. The molecule has 122 valence electrons. The summed E-state index contributed by atoms with van der Waals surface area (Å²) >= 11 is 0. The molecule has 0 bridgehead atoms. The summed E-state index contributed by atoms with van der Waals surface area (Å²) in [6.45, 7) is 6.21. The van der Waals surface area contributed by atoms with Crippen LogP contribution in [0.2, 0.25) is 0 Å². The molecule has 6 heteroatoms. The van der Waals surface area contributed by atoms with Gasteiger partial charge in [-0.05, 0) is 37.3 Å². The SMILES string of the molecule is CC(C)C(CCO)NC(=O)Nc1ccc(N2CCCC2)nc1. The second-order valence-corrected chi connectivity index (χ2v) is 6.06. The molecule has 1 aliphatic rings. The van der Waals surface area contributed by atoms with Crippen LogP contribution in [0.5, 0.6) is 0 Å². The van der Waals surface area contributed by atoms with Gasteiger partial charge in [0.2, 0.25) is 0 Å². The zero-order valence-electron chi connectivity index (χ0n) is 13.4. The van der Waals surface area contributed by atoms with Crippen molar-refractivity contribution < 1.29 is 9.90 Å². The minimum atomic E-state index is -0.261. The third kappa shape index (κ3) is 4.59. The zero-order valence-corrected chi connectivity index (χ0v) is 13.4. The van der Waals surface area contributed by atoms with Gasteiger partial charge in [-0.1, -0.05) is 13.8 Å². The topological polar surface area (TPSA) is 77.5 Å². The van der Waals surface area contributed by atoms with Gasteiger partial charge in [0.05, 0.1) is 11.9 Å². The first-order chi connectivity index (χ1) is 10.6. The first-order valence-electron chi connectivity index (χ1n) is 7.99. The van der Waals surface area contributed by atoms with Crippen molar-refractivity contribution in [3.8, 4) is 0 Å². The number of hydrogen-bond donors (Lipinski definition) is 3. The largest absolute Gasteiger partial charge is 0.396 e. The van der Waals surface area contributed by atoms with Gasteiger partial charge >= 0.3 is 6.03 Å². The quantitative estimate of drug-likeness (QED) is 0.753. The van der Waals surface area contributed by atoms with Gasteiger partial charge in [-0.15, -0.1) is 0 Å². The third-order valence-electron chi connectivity index (χ3n) is 4.00. The molecule has 2 heterocycles. The first-order valence-corrected chi connectivity index (χ1v) is 7.99. The summed E-state index contributed by atoms with van der Waals surface area (Å²) in [5, 5.41) is 14.7. The molecule has 3 N–H and O–H groups in total. The summed E-state index contributed by atoms with van der Waals surface area (Å²) < 4.78 is 0. The van der Waals surface area contributed by atoms with Gasteiger partial charge in [0.15, 0.2) is 0 Å². The Bertz CT molecular complexity index is 470. The Morgan fingerprint density at radius 1 is 1.36 bits per heavy atom. The standard InChI is InChI=1S/C16H26N4O2/c1-12(2)14(7-10-21)19-16(22)18-13-5-6-15(17-11-13)20-8-3-4-9-20/h5-6,11-12,14,21H,3-4,7-10H2,1-2H3,(H2,18,19,22). The fourth-order valence-electron chi connectivity index (χ4n) is 2.64. The Labute approximate surface area is 131 Å². The number of rotatable bonds is 6. The lowest BCUT2D eigenvalue weighted by Crippen LogP contribution is -2.41. The number of amides is 2. The van der Waals surface area contributed by atoms with Crippen molar-refractivity contribution >= 4 is 17.5 Å². The van der Waals surface area contributed by atoms with Gasteiger partial charge < -0.3 is 20.6 Å². The summed E-state index contributed by atoms with van der Waals surface area (Å²) in [5.41, 5.74) is 0.673. The second kappa shape index (κ2) is 7.98. The van der Waals surface area contributed by atoms with Gasteiger partial charge in [-0.2, -0.15) is 0 Å². The van der Waals surface area contributed by atoms with Crippen LogP contribution in [-0.4, -0.2) is 41.9 Å². The second-order valence-electron chi connectivity index (χ2n) is 6.06. The summed E-state index contributed by atoms with van der Waals surface area (Å²) in [6, 6.07) is 3.51. The van der Waals surface area contributed by atoms with E-state index in [0.29, 0.717) is 12.1 Å². The van der Waals surface area contributed by atoms with Crippen molar-refractivity contribution in [1.82, 2.24) is 10.3 Å². The number of aromatic nitrogens is 1. The van der Waals surface area contributed by atoms with Gasteiger partial charge in [-0.25, -0.2) is 9.78 Å². The molecule has 0 radical (unpaired) electrons. The van der Waals surface area contributed by atoms with Crippen molar-refractivity contribution in [2.45, 2.75) is 39.2 Å². The van der Waals surface area contributed by atoms with Crippen molar-refractivity contribution in [2.24, 2.45) is 5.92 Å². The summed E-state index contributed by atoms with van der Waals surface area (Å²) in [5.74, 6) is 1.23. The van der Waals surface area contributed by atoms with E-state index >= 15 is 0 Å². The number of aliphatic hydroxyl groups is 1. The molecular formula is C16H26N4O2. The molecule has 1 fully saturated rings. The third-order valence-corrected chi connectivity index (χ3v) is 4.00. The van der Waals surface area contributed by atoms with Gasteiger partial charge in [0.25, 0.3) is 0 Å². The van der Waals surface area contributed by atoms with Crippen LogP contribution in [0.4, 0.5) is 16.3 Å². The van der Waals surface area contributed by atoms with Gasteiger partial charge in [0, 0.05) is 25.7 Å². The maximum atomic E-state index is 12.0. The molecule has 0 aliphatic carbocycles. The minimum absolute atomic E-state index is 0.0400. The van der Waals surface area contributed by atoms with E-state index in [-0.39, 0.29) is 24.6 Å². The number of carbonyl (C=O) groups is 1. The first kappa shape index (κ1) is 16.5. The fourth-order valence-corrected chi connectivity index (χ4v) is 2.64. The molecule has 0 spiro atoms. The summed E-state index contributed by atoms with van der Waals surface area (Å²) in [6.07, 6.45) is 4.66. The van der Waals surface area contributed by atoms with Gasteiger partial charge in [-0.3, -0.25) is 0 Å². The molecular weight excluding hydrogens is 280 g/mol. The molecule has 0 saturated carbocycles. The van der Waals surface area contributed by atoms with Crippen molar-refractivity contribution in [1.29, 1.82) is 0 Å². The van der Waals surface area contributed by atoms with Crippen molar-refractivity contribution in [3.05, 3.63) is 18.3 Å². The smallest absolute Gasteiger partial charge is 0.319 e. The fraction of sp³-hybridized carbons (Fsp3) is 0.625. The van der Waals surface area contributed by atoms with Crippen molar-refractivity contribution in [2.75, 3.05) is 29.9 Å². The number of hydrogen-bond acceptors (Lipinski definition) is 4. The number of nitrogens with zero attached hydrogens (tertiary/aromatic N) is 2. The summed E-state index contributed by atoms with van der Waals surface area (Å²) in [7, 11) is 0. The van der Waals surface area contributed by atoms with E-state index in [0.717, 1.165) is 18.9 Å². The molecule has 22 heavy (non-hydrogen) atoms. The highest BCUT2D eigenvalue weighted by Gasteiger charge is 2.16. The normalized spacial score (nSPS) is 15.9. The maximum Gasteiger partial charge on any atom is 0.319 e. The number of anilines is 2. The van der Waals surface area contributed by atoms with Crippen LogP contribution in [0.25, 0.3) is 0 Å². The van der Waals surface area contributed by atoms with Crippen LogP contribution in [0.1, 0.15) is 33.1 Å². The Morgan fingerprint density at radius 3 is 2.64 bits per heavy atom. The predicted molar refractivity (Wildman–Crippen MR) is 88.2 cm³/mol. The molecule has 1 unspecified atom stereocenters. The molecule has 1 aliphatic heterocycles. The van der Waals surface area contributed by atoms with Crippen LogP contribution < -0.4 is 15.5 Å². The molecule has 0 aromatic carbocycles. The van der Waals surface area contributed by atoms with Crippen LogP contribution >= 0.6 is 0 Å². The molecule has 1 aromatic heterocycles. The lowest BCUT2D eigenvalue weighted by molar-refractivity contribution is 0.227. The average Bonchev–Trinajstić information content (AvgIpc) is 3.01. The van der Waals surface area contributed by atoms with E-state index in [1.54, 1.807) is 6.20 Å². The monoisotopic (exact) mass is 306 g/mol. The molecule has 1 atom stereocenters. The highest BCUT2D eigenvalue weighted by Crippen LogP contribution is 2.19. The highest BCUT2D eigenvalue weighted by atomic mass is 16.3. The number of nitrogens with one attached hydrogen (secondary N) is 2. The number of urea groups is 1. The van der Waals surface area contributed by atoms with E-state index in [4.69, 9.17) is 5.11 Å². The van der Waals surface area contributed by atoms with Crippen molar-refractivity contribution in [3.63, 3.8) is 0 Å². The lowest BCUT2D eigenvalue weighted by atomic mass is 10.0. The van der Waals surface area contributed by atoms with Crippen LogP contribution in [0.3, 0.4) is 0 Å². The average molecular weight is 306 g/mol. The van der Waals surface area contributed by atoms with E-state index in [9.17, 15) is 4.79 Å². The molecule has 1 saturated heterocycles. The van der Waals surface area contributed by atoms with E-state index < -0.39 is 0 Å². The Hall–Kier alpha value is -1.82. The molecule has 2 amide bonds. The van der Waals surface area contributed by atoms with E-state index in [2.05, 4.69) is 20.5 Å². The van der Waals surface area contributed by atoms with E-state index in [1.807, 2.05) is 26.0 Å². The Morgan fingerprint density at radius 2 is 2.09 bits per heavy atom. The lowest BCUT2D eigenvalue weighted by Gasteiger charge is -2.22. The minimum Gasteiger partial charge on any atom is -0.396 e. The predicted octanol–water partition coefficient (Wildman–Crippen LogP) is 2.21. The number of aliphatic hydroxyl groups excluding tert-OH is 1. The van der Waals surface area contributed by atoms with Crippen LogP contribution in [0, 0.1) is 5.92 Å². The van der Waals surface area contributed by atoms with E-state index in [1.165, 1.54) is 12.8 Å². The maximum absolute atomic E-state index is 12.0. The molecule has 2 rings (SSSR count). The number of pyridine rings is 1. The highest BCUT2D eigenvalue weighted by molar-refractivity contribution is 5.89. The van der Waals surface area contributed by atoms with Crippen LogP contribution in [-0.2, 0) is 0 Å². The Kier molecular flexibility index (Phi) is 6.00. The van der Waals surface area contributed by atoms with Gasteiger partial charge in [0.1, 0.15) is 5.82 Å².